The number of nitrogens with one attached hydrogen (secondary N) is 2. The molecule has 0 saturated carbocycles. The number of aromatic nitrogens is 1. The van der Waals surface area contributed by atoms with E-state index in [1.165, 1.54) is 11.1 Å². The Labute approximate surface area is 180 Å². The second kappa shape index (κ2) is 8.00. The number of amides is 2. The highest BCUT2D eigenvalue weighted by molar-refractivity contribution is 5.92. The maximum absolute atomic E-state index is 13.0. The van der Waals surface area contributed by atoms with E-state index in [4.69, 9.17) is 5.73 Å². The van der Waals surface area contributed by atoms with Crippen LogP contribution in [0.1, 0.15) is 23.1 Å². The molecule has 31 heavy (non-hydrogen) atoms. The number of rotatable bonds is 4. The molecule has 2 aliphatic heterocycles. The average Bonchev–Trinajstić information content (AvgIpc) is 2.76. The van der Waals surface area contributed by atoms with Crippen molar-refractivity contribution < 1.29 is 9.59 Å². The molecule has 1 saturated heterocycles. The van der Waals surface area contributed by atoms with Gasteiger partial charge in [-0.3, -0.25) is 9.59 Å². The predicted octanol–water partition coefficient (Wildman–Crippen LogP) is 1.75. The molecular formula is C24H25N5O2. The number of carbonyl (C=O) groups is 2. The van der Waals surface area contributed by atoms with Crippen molar-refractivity contribution in [2.24, 2.45) is 0 Å². The molecule has 7 nitrogen and oxygen atoms in total. The van der Waals surface area contributed by atoms with E-state index in [-0.39, 0.29) is 17.9 Å². The first-order chi connectivity index (χ1) is 15.1. The second-order valence-electron chi connectivity index (χ2n) is 8.21. The molecule has 2 atom stereocenters. The number of hydrogen-bond acceptors (Lipinski definition) is 5. The predicted molar refractivity (Wildman–Crippen MR) is 119 cm³/mol. The number of nitrogens with zero attached hydrogens (tertiary/aromatic N) is 2. The van der Waals surface area contributed by atoms with Crippen molar-refractivity contribution in [2.75, 3.05) is 12.3 Å². The number of likely N-dealkylation sites (tertiary alicyclic amines) is 1. The number of anilines is 1. The van der Waals surface area contributed by atoms with E-state index < -0.39 is 6.04 Å². The SMILES string of the molecule is Nc1nccc2cc(CNC(=O)[C@@H]3CCN3C(=O)[C@H]3Cc4ccccc4CN3)ccc12. The Morgan fingerprint density at radius 2 is 2.00 bits per heavy atom. The van der Waals surface area contributed by atoms with Gasteiger partial charge in [0.05, 0.1) is 6.04 Å². The van der Waals surface area contributed by atoms with Gasteiger partial charge in [0.25, 0.3) is 0 Å². The molecule has 2 aromatic carbocycles. The quantitative estimate of drug-likeness (QED) is 0.603. The molecule has 7 heteroatoms. The zero-order chi connectivity index (χ0) is 21.4. The van der Waals surface area contributed by atoms with Crippen LogP contribution in [0.4, 0.5) is 5.82 Å². The number of pyridine rings is 1. The van der Waals surface area contributed by atoms with Gasteiger partial charge in [-0.15, -0.1) is 0 Å². The van der Waals surface area contributed by atoms with E-state index >= 15 is 0 Å². The third-order valence-electron chi connectivity index (χ3n) is 6.31. The van der Waals surface area contributed by atoms with E-state index in [1.807, 2.05) is 36.4 Å². The summed E-state index contributed by atoms with van der Waals surface area (Å²) >= 11 is 0. The van der Waals surface area contributed by atoms with Crippen molar-refractivity contribution in [2.45, 2.75) is 38.0 Å². The molecule has 0 unspecified atom stereocenters. The van der Waals surface area contributed by atoms with Crippen LogP contribution in [0.5, 0.6) is 0 Å². The number of carbonyl (C=O) groups excluding carboxylic acids is 2. The summed E-state index contributed by atoms with van der Waals surface area (Å²) in [6.45, 7) is 1.71. The molecule has 1 fully saturated rings. The monoisotopic (exact) mass is 415 g/mol. The summed E-state index contributed by atoms with van der Waals surface area (Å²) < 4.78 is 0. The Balaban J connectivity index is 1.20. The van der Waals surface area contributed by atoms with Crippen LogP contribution in [0, 0.1) is 0 Å². The third-order valence-corrected chi connectivity index (χ3v) is 6.31. The van der Waals surface area contributed by atoms with Crippen molar-refractivity contribution in [3.8, 4) is 0 Å². The Bertz CT molecular complexity index is 1160. The Morgan fingerprint density at radius 1 is 1.16 bits per heavy atom. The lowest BCUT2D eigenvalue weighted by Crippen LogP contribution is -2.62. The highest BCUT2D eigenvalue weighted by atomic mass is 16.2. The largest absolute Gasteiger partial charge is 0.383 e. The zero-order valence-corrected chi connectivity index (χ0v) is 17.2. The van der Waals surface area contributed by atoms with Crippen LogP contribution in [-0.2, 0) is 29.1 Å². The van der Waals surface area contributed by atoms with Crippen molar-refractivity contribution in [1.82, 2.24) is 20.5 Å². The Kier molecular flexibility index (Phi) is 5.03. The lowest BCUT2D eigenvalue weighted by Gasteiger charge is -2.42. The Hall–Kier alpha value is -3.45. The minimum Gasteiger partial charge on any atom is -0.383 e. The Morgan fingerprint density at radius 3 is 2.81 bits per heavy atom. The normalized spacial score (nSPS) is 20.1. The highest BCUT2D eigenvalue weighted by Gasteiger charge is 2.40. The molecule has 1 aromatic heterocycles. The molecule has 0 radical (unpaired) electrons. The van der Waals surface area contributed by atoms with Crippen molar-refractivity contribution in [1.29, 1.82) is 0 Å². The van der Waals surface area contributed by atoms with Crippen LogP contribution < -0.4 is 16.4 Å². The van der Waals surface area contributed by atoms with Crippen LogP contribution in [0.25, 0.3) is 10.8 Å². The van der Waals surface area contributed by atoms with E-state index in [2.05, 4.69) is 27.8 Å². The van der Waals surface area contributed by atoms with Crippen LogP contribution >= 0.6 is 0 Å². The van der Waals surface area contributed by atoms with Gasteiger partial charge in [0.1, 0.15) is 11.9 Å². The number of hydrogen-bond donors (Lipinski definition) is 3. The fourth-order valence-electron chi connectivity index (χ4n) is 4.42. The van der Waals surface area contributed by atoms with Crippen LogP contribution in [-0.4, -0.2) is 40.3 Å². The van der Waals surface area contributed by atoms with Gasteiger partial charge in [0.2, 0.25) is 11.8 Å². The van der Waals surface area contributed by atoms with Crippen LogP contribution in [0.2, 0.25) is 0 Å². The molecule has 2 aliphatic rings. The first-order valence-corrected chi connectivity index (χ1v) is 10.6. The summed E-state index contributed by atoms with van der Waals surface area (Å²) in [5, 5.41) is 8.20. The molecule has 0 spiro atoms. The number of benzene rings is 2. The average molecular weight is 415 g/mol. The summed E-state index contributed by atoms with van der Waals surface area (Å²) in [6.07, 6.45) is 3.03. The fourth-order valence-corrected chi connectivity index (χ4v) is 4.42. The van der Waals surface area contributed by atoms with Crippen LogP contribution in [0.3, 0.4) is 0 Å². The van der Waals surface area contributed by atoms with E-state index in [0.29, 0.717) is 38.3 Å². The molecule has 2 amide bonds. The molecule has 3 heterocycles. The second-order valence-corrected chi connectivity index (χ2v) is 8.21. The topological polar surface area (TPSA) is 100 Å². The molecular weight excluding hydrogens is 390 g/mol. The lowest BCUT2D eigenvalue weighted by atomic mass is 9.93. The third kappa shape index (κ3) is 3.72. The molecule has 3 aromatic rings. The van der Waals surface area contributed by atoms with Gasteiger partial charge in [-0.25, -0.2) is 4.98 Å². The van der Waals surface area contributed by atoms with Gasteiger partial charge >= 0.3 is 0 Å². The highest BCUT2D eigenvalue weighted by Crippen LogP contribution is 2.24. The van der Waals surface area contributed by atoms with E-state index in [1.54, 1.807) is 11.1 Å². The van der Waals surface area contributed by atoms with Gasteiger partial charge in [-0.2, -0.15) is 0 Å². The van der Waals surface area contributed by atoms with Gasteiger partial charge < -0.3 is 21.3 Å². The van der Waals surface area contributed by atoms with Gasteiger partial charge in [-0.05, 0) is 47.1 Å². The van der Waals surface area contributed by atoms with E-state index in [9.17, 15) is 9.59 Å². The first-order valence-electron chi connectivity index (χ1n) is 10.6. The summed E-state index contributed by atoms with van der Waals surface area (Å²) in [4.78, 5) is 31.6. The van der Waals surface area contributed by atoms with Crippen LogP contribution in [0.15, 0.2) is 54.7 Å². The minimum atomic E-state index is -0.397. The minimum absolute atomic E-state index is 0.00887. The van der Waals surface area contributed by atoms with Gasteiger partial charge in [0, 0.05) is 31.2 Å². The molecule has 0 aliphatic carbocycles. The summed E-state index contributed by atoms with van der Waals surface area (Å²) in [6, 6.07) is 15.3. The zero-order valence-electron chi connectivity index (χ0n) is 17.2. The standard InChI is InChI=1S/C24H25N5O2/c25-22-19-6-5-15(11-17(19)7-9-26-22)13-28-23(30)21-8-10-29(21)24(31)20-12-16-3-1-2-4-18(16)14-27-20/h1-7,9,11,20-21,27H,8,10,12-14H2,(H2,25,26)(H,28,30)/t20-,21+/m1/s1. The lowest BCUT2D eigenvalue weighted by molar-refractivity contribution is -0.149. The fraction of sp³-hybridized carbons (Fsp3) is 0.292. The first kappa shape index (κ1) is 19.5. The number of nitrogens with two attached hydrogens (primary N) is 1. The number of nitrogen functional groups attached to an aromatic ring is 1. The molecule has 0 bridgehead atoms. The maximum atomic E-state index is 13.0. The van der Waals surface area contributed by atoms with Crippen molar-refractivity contribution >= 4 is 28.4 Å². The molecule has 5 rings (SSSR count). The van der Waals surface area contributed by atoms with Gasteiger partial charge in [0.15, 0.2) is 0 Å². The van der Waals surface area contributed by atoms with Gasteiger partial charge in [-0.1, -0.05) is 36.4 Å². The van der Waals surface area contributed by atoms with E-state index in [0.717, 1.165) is 16.3 Å². The summed E-state index contributed by atoms with van der Waals surface area (Å²) in [7, 11) is 0. The smallest absolute Gasteiger partial charge is 0.243 e. The summed E-state index contributed by atoms with van der Waals surface area (Å²) in [5.41, 5.74) is 9.32. The summed E-state index contributed by atoms with van der Waals surface area (Å²) in [5.74, 6) is 0.399. The van der Waals surface area contributed by atoms with Crippen molar-refractivity contribution in [3.63, 3.8) is 0 Å². The van der Waals surface area contributed by atoms with Crippen molar-refractivity contribution in [3.05, 3.63) is 71.4 Å². The maximum Gasteiger partial charge on any atom is 0.243 e. The molecule has 4 N–H and O–H groups in total. The number of fused-ring (bicyclic) bond motifs is 2. The molecule has 158 valence electrons.